The third-order valence-corrected chi connectivity index (χ3v) is 5.88. The van der Waals surface area contributed by atoms with Gasteiger partial charge in [-0.1, -0.05) is 32.6 Å². The van der Waals surface area contributed by atoms with E-state index in [9.17, 15) is 0 Å². The number of nitrogens with one attached hydrogen (secondary N) is 1. The second kappa shape index (κ2) is 6.13. The van der Waals surface area contributed by atoms with Crippen LogP contribution in [0.2, 0.25) is 0 Å². The first-order valence-corrected chi connectivity index (χ1v) is 8.70. The molecule has 2 saturated carbocycles. The van der Waals surface area contributed by atoms with E-state index >= 15 is 0 Å². The Kier molecular flexibility index (Phi) is 4.48. The average Bonchev–Trinajstić information content (AvgIpc) is 3.24. The quantitative estimate of drug-likeness (QED) is 0.838. The third kappa shape index (κ3) is 3.72. The highest BCUT2D eigenvalue weighted by molar-refractivity contribution is 4.93. The van der Waals surface area contributed by atoms with Gasteiger partial charge in [0.2, 0.25) is 0 Å². The molecule has 0 amide bonds. The standard InChI is InChI=1S/C17H32N2/c1-13-3-5-15(6-4-13)9-10-19-12-17(16-7-8-16)18-11-14(19)2/h13-18H,3-12H2,1-2H3. The number of nitrogens with zero attached hydrogens (tertiary/aromatic N) is 1. The van der Waals surface area contributed by atoms with Crippen LogP contribution in [0.4, 0.5) is 0 Å². The van der Waals surface area contributed by atoms with Crippen molar-refractivity contribution in [2.75, 3.05) is 19.6 Å². The van der Waals surface area contributed by atoms with Gasteiger partial charge in [0.05, 0.1) is 0 Å². The van der Waals surface area contributed by atoms with E-state index < -0.39 is 0 Å². The lowest BCUT2D eigenvalue weighted by Crippen LogP contribution is -2.56. The zero-order chi connectivity index (χ0) is 13.2. The average molecular weight is 264 g/mol. The third-order valence-electron chi connectivity index (χ3n) is 5.88. The van der Waals surface area contributed by atoms with Crippen LogP contribution in [0.3, 0.4) is 0 Å². The molecule has 2 nitrogen and oxygen atoms in total. The molecule has 0 radical (unpaired) electrons. The number of hydrogen-bond acceptors (Lipinski definition) is 2. The Bertz CT molecular complexity index is 279. The summed E-state index contributed by atoms with van der Waals surface area (Å²) in [5, 5.41) is 3.76. The molecule has 1 saturated heterocycles. The zero-order valence-electron chi connectivity index (χ0n) is 12.9. The normalized spacial score (nSPS) is 41.4. The largest absolute Gasteiger partial charge is 0.311 e. The molecule has 3 aliphatic rings. The molecule has 1 aliphatic heterocycles. The van der Waals surface area contributed by atoms with Crippen molar-refractivity contribution in [1.82, 2.24) is 10.2 Å². The fraction of sp³-hybridized carbons (Fsp3) is 1.00. The highest BCUT2D eigenvalue weighted by Crippen LogP contribution is 2.35. The summed E-state index contributed by atoms with van der Waals surface area (Å²) < 4.78 is 0. The Hall–Kier alpha value is -0.0800. The number of rotatable bonds is 4. The van der Waals surface area contributed by atoms with Gasteiger partial charge in [0.25, 0.3) is 0 Å². The van der Waals surface area contributed by atoms with Crippen LogP contribution >= 0.6 is 0 Å². The predicted molar refractivity (Wildman–Crippen MR) is 81.3 cm³/mol. The maximum Gasteiger partial charge on any atom is 0.0224 e. The summed E-state index contributed by atoms with van der Waals surface area (Å²) in [6, 6.07) is 1.56. The molecular weight excluding hydrogens is 232 g/mol. The minimum Gasteiger partial charge on any atom is -0.311 e. The Morgan fingerprint density at radius 3 is 2.42 bits per heavy atom. The first-order valence-electron chi connectivity index (χ1n) is 8.70. The summed E-state index contributed by atoms with van der Waals surface area (Å²) in [7, 11) is 0. The lowest BCUT2D eigenvalue weighted by Gasteiger charge is -2.40. The van der Waals surface area contributed by atoms with Gasteiger partial charge in [-0.3, -0.25) is 4.90 Å². The van der Waals surface area contributed by atoms with Crippen LogP contribution in [0, 0.1) is 17.8 Å². The van der Waals surface area contributed by atoms with Gasteiger partial charge in [-0.25, -0.2) is 0 Å². The van der Waals surface area contributed by atoms with Crippen LogP contribution in [-0.2, 0) is 0 Å². The van der Waals surface area contributed by atoms with Gasteiger partial charge in [-0.15, -0.1) is 0 Å². The summed E-state index contributed by atoms with van der Waals surface area (Å²) in [6.07, 6.45) is 10.3. The highest BCUT2D eigenvalue weighted by atomic mass is 15.2. The molecule has 0 aromatic heterocycles. The van der Waals surface area contributed by atoms with Gasteiger partial charge in [0.1, 0.15) is 0 Å². The number of piperazine rings is 1. The molecule has 1 heterocycles. The van der Waals surface area contributed by atoms with E-state index in [2.05, 4.69) is 24.1 Å². The summed E-state index contributed by atoms with van der Waals surface area (Å²) >= 11 is 0. The molecule has 0 aromatic rings. The van der Waals surface area contributed by atoms with Crippen molar-refractivity contribution in [3.05, 3.63) is 0 Å². The molecule has 2 unspecified atom stereocenters. The Balaban J connectivity index is 1.42. The van der Waals surface area contributed by atoms with Crippen LogP contribution in [0.15, 0.2) is 0 Å². The molecule has 0 bridgehead atoms. The first-order chi connectivity index (χ1) is 9.22. The molecule has 1 N–H and O–H groups in total. The molecule has 110 valence electrons. The lowest BCUT2D eigenvalue weighted by atomic mass is 9.81. The minimum absolute atomic E-state index is 0.748. The second-order valence-electron chi connectivity index (χ2n) is 7.61. The van der Waals surface area contributed by atoms with Crippen molar-refractivity contribution < 1.29 is 0 Å². The van der Waals surface area contributed by atoms with E-state index in [1.165, 1.54) is 64.6 Å². The van der Waals surface area contributed by atoms with Gasteiger partial charge < -0.3 is 5.32 Å². The van der Waals surface area contributed by atoms with E-state index in [0.717, 1.165) is 29.8 Å². The molecule has 3 rings (SSSR count). The molecule has 2 aliphatic carbocycles. The van der Waals surface area contributed by atoms with Crippen LogP contribution in [-0.4, -0.2) is 36.6 Å². The Morgan fingerprint density at radius 1 is 1.00 bits per heavy atom. The van der Waals surface area contributed by atoms with Crippen LogP contribution in [0.25, 0.3) is 0 Å². The zero-order valence-corrected chi connectivity index (χ0v) is 12.9. The first kappa shape index (κ1) is 13.9. The van der Waals surface area contributed by atoms with Crippen LogP contribution in [0.5, 0.6) is 0 Å². The lowest BCUT2D eigenvalue weighted by molar-refractivity contribution is 0.118. The van der Waals surface area contributed by atoms with Crippen molar-refractivity contribution >= 4 is 0 Å². The fourth-order valence-corrected chi connectivity index (χ4v) is 4.04. The molecular formula is C17H32N2. The summed E-state index contributed by atoms with van der Waals surface area (Å²) in [4.78, 5) is 2.78. The van der Waals surface area contributed by atoms with Gasteiger partial charge in [0, 0.05) is 25.2 Å². The van der Waals surface area contributed by atoms with Gasteiger partial charge in [-0.2, -0.15) is 0 Å². The SMILES string of the molecule is CC1CCC(CCN2CC(C3CC3)NCC2C)CC1. The molecule has 0 spiro atoms. The van der Waals surface area contributed by atoms with E-state index in [1.807, 2.05) is 0 Å². The molecule has 0 aromatic carbocycles. The van der Waals surface area contributed by atoms with Crippen LogP contribution < -0.4 is 5.32 Å². The smallest absolute Gasteiger partial charge is 0.0224 e. The Labute approximate surface area is 119 Å². The van der Waals surface area contributed by atoms with Gasteiger partial charge in [-0.05, 0) is 50.5 Å². The van der Waals surface area contributed by atoms with Crippen molar-refractivity contribution in [2.45, 2.75) is 70.9 Å². The fourth-order valence-electron chi connectivity index (χ4n) is 4.04. The topological polar surface area (TPSA) is 15.3 Å². The maximum absolute atomic E-state index is 3.76. The minimum atomic E-state index is 0.748. The Morgan fingerprint density at radius 2 is 1.74 bits per heavy atom. The van der Waals surface area contributed by atoms with Crippen LogP contribution in [0.1, 0.15) is 58.8 Å². The van der Waals surface area contributed by atoms with E-state index in [1.54, 1.807) is 0 Å². The summed E-state index contributed by atoms with van der Waals surface area (Å²) in [5.41, 5.74) is 0. The van der Waals surface area contributed by atoms with Crippen molar-refractivity contribution in [1.29, 1.82) is 0 Å². The van der Waals surface area contributed by atoms with E-state index in [-0.39, 0.29) is 0 Å². The highest BCUT2D eigenvalue weighted by Gasteiger charge is 2.36. The number of hydrogen-bond donors (Lipinski definition) is 1. The van der Waals surface area contributed by atoms with E-state index in [4.69, 9.17) is 0 Å². The second-order valence-corrected chi connectivity index (χ2v) is 7.61. The molecule has 19 heavy (non-hydrogen) atoms. The van der Waals surface area contributed by atoms with Crippen molar-refractivity contribution in [3.63, 3.8) is 0 Å². The monoisotopic (exact) mass is 264 g/mol. The molecule has 2 heteroatoms. The maximum atomic E-state index is 3.76. The van der Waals surface area contributed by atoms with Crippen molar-refractivity contribution in [2.24, 2.45) is 17.8 Å². The van der Waals surface area contributed by atoms with E-state index in [0.29, 0.717) is 0 Å². The van der Waals surface area contributed by atoms with Gasteiger partial charge >= 0.3 is 0 Å². The van der Waals surface area contributed by atoms with Gasteiger partial charge in [0.15, 0.2) is 0 Å². The van der Waals surface area contributed by atoms with Crippen molar-refractivity contribution in [3.8, 4) is 0 Å². The summed E-state index contributed by atoms with van der Waals surface area (Å²) in [6.45, 7) is 8.71. The molecule has 3 fully saturated rings. The predicted octanol–water partition coefficient (Wildman–Crippen LogP) is 3.28. The molecule has 2 atom stereocenters. The summed E-state index contributed by atoms with van der Waals surface area (Å²) in [5.74, 6) is 3.02.